The lowest BCUT2D eigenvalue weighted by Crippen LogP contribution is -2.32. The van der Waals surface area contributed by atoms with Gasteiger partial charge >= 0.3 is 10.8 Å². The standard InChI is InChI=1S/C27H26N2O7S2/c1-5-36-19(30)13-28-26-23(38-27(28)33)20(15-8-11-17(34-3)18(12-15)35-4)21-22(37-26)25(32)29(24(21)31)16-9-6-14(2)7-10-16/h6-12,20-22H,5,13H2,1-4H3/t20-,21-,22+/m0/s1. The minimum Gasteiger partial charge on any atom is -0.493 e. The number of rotatable bonds is 7. The normalized spacial score (nSPS) is 20.2. The van der Waals surface area contributed by atoms with Crippen LogP contribution in [0.5, 0.6) is 11.5 Å². The van der Waals surface area contributed by atoms with Gasteiger partial charge < -0.3 is 14.2 Å². The van der Waals surface area contributed by atoms with Gasteiger partial charge in [0.1, 0.15) is 11.8 Å². The Labute approximate surface area is 227 Å². The number of thiazole rings is 1. The predicted molar refractivity (Wildman–Crippen MR) is 143 cm³/mol. The molecule has 5 rings (SSSR count). The van der Waals surface area contributed by atoms with Crippen LogP contribution >= 0.6 is 23.1 Å². The third-order valence-electron chi connectivity index (χ3n) is 6.70. The predicted octanol–water partition coefficient (Wildman–Crippen LogP) is 3.59. The number of carbonyl (C=O) groups excluding carboxylic acids is 3. The number of imide groups is 1. The van der Waals surface area contributed by atoms with E-state index in [2.05, 4.69) is 0 Å². The Hall–Kier alpha value is -3.57. The van der Waals surface area contributed by atoms with E-state index in [0.717, 1.165) is 28.7 Å². The highest BCUT2D eigenvalue weighted by molar-refractivity contribution is 8.00. The second-order valence-corrected chi connectivity index (χ2v) is 11.1. The number of benzene rings is 2. The smallest absolute Gasteiger partial charge is 0.326 e. The van der Waals surface area contributed by atoms with Crippen LogP contribution in [-0.4, -0.2) is 48.4 Å². The number of amides is 2. The first-order valence-corrected chi connectivity index (χ1v) is 13.7. The number of hydrogen-bond donors (Lipinski definition) is 0. The molecule has 38 heavy (non-hydrogen) atoms. The van der Waals surface area contributed by atoms with Crippen molar-refractivity contribution in [2.75, 3.05) is 25.7 Å². The van der Waals surface area contributed by atoms with Gasteiger partial charge in [-0.2, -0.15) is 0 Å². The number of aromatic nitrogens is 1. The van der Waals surface area contributed by atoms with Crippen molar-refractivity contribution in [2.45, 2.75) is 36.6 Å². The molecule has 2 aliphatic rings. The average Bonchev–Trinajstić information content (AvgIpc) is 3.35. The fraction of sp³-hybridized carbons (Fsp3) is 0.333. The molecule has 0 aliphatic carbocycles. The number of esters is 1. The first-order chi connectivity index (χ1) is 18.3. The molecule has 3 aromatic rings. The number of nitrogens with zero attached hydrogens (tertiary/aromatic N) is 2. The summed E-state index contributed by atoms with van der Waals surface area (Å²) in [6.45, 7) is 3.54. The molecule has 11 heteroatoms. The largest absolute Gasteiger partial charge is 0.493 e. The van der Waals surface area contributed by atoms with Crippen LogP contribution in [0.1, 0.15) is 28.8 Å². The van der Waals surface area contributed by atoms with Gasteiger partial charge in [-0.25, -0.2) is 4.90 Å². The number of anilines is 1. The Balaban J connectivity index is 1.67. The van der Waals surface area contributed by atoms with E-state index in [1.165, 1.54) is 23.7 Å². The monoisotopic (exact) mass is 554 g/mol. The van der Waals surface area contributed by atoms with E-state index < -0.39 is 23.1 Å². The van der Waals surface area contributed by atoms with E-state index in [1.54, 1.807) is 31.2 Å². The highest BCUT2D eigenvalue weighted by Crippen LogP contribution is 2.54. The van der Waals surface area contributed by atoms with E-state index in [0.29, 0.717) is 32.7 Å². The summed E-state index contributed by atoms with van der Waals surface area (Å²) in [5.41, 5.74) is 2.21. The third kappa shape index (κ3) is 4.29. The second-order valence-electron chi connectivity index (χ2n) is 8.93. The van der Waals surface area contributed by atoms with Crippen molar-refractivity contribution in [3.63, 3.8) is 0 Å². The molecule has 0 N–H and O–H groups in total. The Morgan fingerprint density at radius 2 is 1.68 bits per heavy atom. The summed E-state index contributed by atoms with van der Waals surface area (Å²) >= 11 is 2.14. The Morgan fingerprint density at radius 3 is 2.34 bits per heavy atom. The van der Waals surface area contributed by atoms with Gasteiger partial charge in [-0.3, -0.25) is 23.7 Å². The number of methoxy groups -OCH3 is 2. The maximum atomic E-state index is 13.9. The van der Waals surface area contributed by atoms with Gasteiger partial charge in [0.05, 0.1) is 37.5 Å². The summed E-state index contributed by atoms with van der Waals surface area (Å²) < 4.78 is 17.3. The molecule has 1 aromatic heterocycles. The van der Waals surface area contributed by atoms with E-state index in [-0.39, 0.29) is 29.8 Å². The molecule has 0 radical (unpaired) electrons. The van der Waals surface area contributed by atoms with E-state index in [1.807, 2.05) is 25.1 Å². The summed E-state index contributed by atoms with van der Waals surface area (Å²) in [6, 6.07) is 12.5. The number of thioether (sulfide) groups is 1. The van der Waals surface area contributed by atoms with Gasteiger partial charge in [0.2, 0.25) is 11.8 Å². The molecule has 2 aromatic carbocycles. The quantitative estimate of drug-likeness (QED) is 0.322. The number of ether oxygens (including phenoxy) is 3. The van der Waals surface area contributed by atoms with Crippen LogP contribution in [0.4, 0.5) is 5.69 Å². The fourth-order valence-electron chi connectivity index (χ4n) is 4.94. The van der Waals surface area contributed by atoms with E-state index >= 15 is 0 Å². The maximum absolute atomic E-state index is 13.9. The minimum atomic E-state index is -0.781. The first-order valence-electron chi connectivity index (χ1n) is 12.0. The molecular formula is C27H26N2O7S2. The molecule has 0 saturated carbocycles. The highest BCUT2D eigenvalue weighted by atomic mass is 32.2. The van der Waals surface area contributed by atoms with Crippen molar-refractivity contribution in [2.24, 2.45) is 5.92 Å². The summed E-state index contributed by atoms with van der Waals surface area (Å²) in [7, 11) is 3.05. The van der Waals surface area contributed by atoms with Crippen LogP contribution in [0.15, 0.2) is 52.3 Å². The van der Waals surface area contributed by atoms with Crippen molar-refractivity contribution in [3.8, 4) is 11.5 Å². The Morgan fingerprint density at radius 1 is 0.974 bits per heavy atom. The summed E-state index contributed by atoms with van der Waals surface area (Å²) in [6.07, 6.45) is 0. The van der Waals surface area contributed by atoms with Gasteiger partial charge in [0.15, 0.2) is 11.5 Å². The molecule has 2 amide bonds. The lowest BCUT2D eigenvalue weighted by Gasteiger charge is -2.31. The van der Waals surface area contributed by atoms with Crippen LogP contribution in [0.3, 0.4) is 0 Å². The average molecular weight is 555 g/mol. The van der Waals surface area contributed by atoms with Crippen molar-refractivity contribution in [1.82, 2.24) is 4.57 Å². The molecule has 1 fully saturated rings. The van der Waals surface area contributed by atoms with Gasteiger partial charge in [-0.05, 0) is 43.7 Å². The van der Waals surface area contributed by atoms with Gasteiger partial charge in [-0.1, -0.05) is 46.9 Å². The lowest BCUT2D eigenvalue weighted by atomic mass is 9.83. The second kappa shape index (κ2) is 10.3. The fourth-order valence-corrected chi connectivity index (χ4v) is 7.72. The van der Waals surface area contributed by atoms with Crippen LogP contribution in [0, 0.1) is 12.8 Å². The zero-order chi connectivity index (χ0) is 27.1. The molecule has 1 saturated heterocycles. The zero-order valence-corrected chi connectivity index (χ0v) is 22.9. The van der Waals surface area contributed by atoms with E-state index in [4.69, 9.17) is 14.2 Å². The number of fused-ring (bicyclic) bond motifs is 2. The van der Waals surface area contributed by atoms with Crippen LogP contribution in [0.25, 0.3) is 0 Å². The summed E-state index contributed by atoms with van der Waals surface area (Å²) in [4.78, 5) is 54.6. The van der Waals surface area contributed by atoms with Crippen molar-refractivity contribution >= 4 is 46.6 Å². The number of hydrogen-bond acceptors (Lipinski definition) is 9. The van der Waals surface area contributed by atoms with Gasteiger partial charge in [0, 0.05) is 10.8 Å². The molecule has 9 nitrogen and oxygen atoms in total. The maximum Gasteiger partial charge on any atom is 0.326 e. The first kappa shape index (κ1) is 26.1. The minimum absolute atomic E-state index is 0.185. The van der Waals surface area contributed by atoms with Crippen LogP contribution in [-0.2, 0) is 25.7 Å². The lowest BCUT2D eigenvalue weighted by molar-refractivity contribution is -0.144. The van der Waals surface area contributed by atoms with Crippen molar-refractivity contribution in [3.05, 3.63) is 68.1 Å². The van der Waals surface area contributed by atoms with Crippen molar-refractivity contribution in [1.29, 1.82) is 0 Å². The van der Waals surface area contributed by atoms with E-state index in [9.17, 15) is 19.2 Å². The van der Waals surface area contributed by atoms with Crippen LogP contribution in [0.2, 0.25) is 0 Å². The SMILES string of the molecule is CCOC(=O)Cn1c2c(sc1=O)[C@@H](c1ccc(OC)c(OC)c1)[C@@H]1C(=O)N(c3ccc(C)cc3)C(=O)[C@@H]1S2. The zero-order valence-electron chi connectivity index (χ0n) is 21.3. The Bertz CT molecular complexity index is 1480. The molecule has 0 unspecified atom stereocenters. The summed E-state index contributed by atoms with van der Waals surface area (Å²) in [5.74, 6) is -1.62. The molecular weight excluding hydrogens is 528 g/mol. The summed E-state index contributed by atoms with van der Waals surface area (Å²) in [5, 5.41) is -0.280. The topological polar surface area (TPSA) is 104 Å². The molecule has 2 aliphatic heterocycles. The van der Waals surface area contributed by atoms with Crippen molar-refractivity contribution < 1.29 is 28.6 Å². The van der Waals surface area contributed by atoms with Gasteiger partial charge in [0.25, 0.3) is 0 Å². The molecule has 3 heterocycles. The van der Waals surface area contributed by atoms with Gasteiger partial charge in [-0.15, -0.1) is 0 Å². The van der Waals surface area contributed by atoms with Crippen LogP contribution < -0.4 is 19.2 Å². The molecule has 198 valence electrons. The molecule has 0 bridgehead atoms. The molecule has 0 spiro atoms. The Kier molecular flexibility index (Phi) is 7.06. The third-order valence-corrected chi connectivity index (χ3v) is 9.30. The number of aryl methyl sites for hydroxylation is 1. The highest BCUT2D eigenvalue weighted by Gasteiger charge is 2.57. The number of carbonyl (C=O) groups is 3. The molecule has 3 atom stereocenters.